The Balaban J connectivity index is 0.00000161. The van der Waals surface area contributed by atoms with Crippen LogP contribution in [-0.2, 0) is 13.1 Å². The zero-order valence-electron chi connectivity index (χ0n) is 12.3. The van der Waals surface area contributed by atoms with E-state index < -0.39 is 0 Å². The summed E-state index contributed by atoms with van der Waals surface area (Å²) in [5, 5.41) is 0. The summed E-state index contributed by atoms with van der Waals surface area (Å²) in [4.78, 5) is 2.52. The van der Waals surface area contributed by atoms with Gasteiger partial charge in [0.1, 0.15) is 0 Å². The maximum Gasteiger partial charge on any atom is 0.0470 e. The van der Waals surface area contributed by atoms with Crippen molar-refractivity contribution >= 4 is 12.4 Å². The lowest BCUT2D eigenvalue weighted by atomic mass is 10.2. The minimum Gasteiger partial charge on any atom is -0.350 e. The van der Waals surface area contributed by atoms with Gasteiger partial charge in [-0.2, -0.15) is 0 Å². The molecule has 1 fully saturated rings. The predicted octanol–water partition coefficient (Wildman–Crippen LogP) is 2.88. The second kappa shape index (κ2) is 7.64. The van der Waals surface area contributed by atoms with E-state index in [0.717, 1.165) is 19.6 Å². The topological polar surface area (TPSA) is 34.2 Å². The molecule has 2 heterocycles. The van der Waals surface area contributed by atoms with Crippen molar-refractivity contribution in [2.45, 2.75) is 32.0 Å². The second-order valence-electron chi connectivity index (χ2n) is 5.68. The summed E-state index contributed by atoms with van der Waals surface area (Å²) in [5.74, 6) is 0. The highest BCUT2D eigenvalue weighted by atomic mass is 35.5. The highest BCUT2D eigenvalue weighted by molar-refractivity contribution is 5.85. The highest BCUT2D eigenvalue weighted by Crippen LogP contribution is 2.19. The van der Waals surface area contributed by atoms with Crippen LogP contribution in [0, 0.1) is 0 Å². The summed E-state index contributed by atoms with van der Waals surface area (Å²) in [6, 6.07) is 13.4. The molecule has 2 N–H and O–H groups in total. The Bertz CT molecular complexity index is 538. The minimum absolute atomic E-state index is 0. The molecule has 0 amide bonds. The molecular weight excluding hydrogens is 282 g/mol. The zero-order valence-corrected chi connectivity index (χ0v) is 13.1. The van der Waals surface area contributed by atoms with Gasteiger partial charge in [0.2, 0.25) is 0 Å². The molecule has 0 radical (unpaired) electrons. The first-order chi connectivity index (χ1) is 9.85. The van der Waals surface area contributed by atoms with Gasteiger partial charge in [-0.15, -0.1) is 12.4 Å². The number of halogens is 1. The lowest BCUT2D eigenvalue weighted by Gasteiger charge is -2.22. The van der Waals surface area contributed by atoms with Gasteiger partial charge in [0.05, 0.1) is 0 Å². The van der Waals surface area contributed by atoms with Gasteiger partial charge in [0.25, 0.3) is 0 Å². The summed E-state index contributed by atoms with van der Waals surface area (Å²) < 4.78 is 2.26. The number of nitrogens with zero attached hydrogens (tertiary/aromatic N) is 2. The van der Waals surface area contributed by atoms with E-state index in [1.807, 2.05) is 0 Å². The molecule has 0 spiro atoms. The zero-order chi connectivity index (χ0) is 13.8. The Kier molecular flexibility index (Phi) is 5.85. The molecule has 1 atom stereocenters. The fourth-order valence-corrected chi connectivity index (χ4v) is 3.08. The molecule has 2 aromatic rings. The number of rotatable bonds is 5. The van der Waals surface area contributed by atoms with E-state index >= 15 is 0 Å². The molecule has 1 aliphatic heterocycles. The van der Waals surface area contributed by atoms with Crippen molar-refractivity contribution in [1.82, 2.24) is 9.47 Å². The van der Waals surface area contributed by atoms with E-state index in [-0.39, 0.29) is 12.4 Å². The van der Waals surface area contributed by atoms with Crippen LogP contribution < -0.4 is 5.73 Å². The molecule has 1 aliphatic rings. The van der Waals surface area contributed by atoms with Crippen molar-refractivity contribution in [3.63, 3.8) is 0 Å². The van der Waals surface area contributed by atoms with E-state index in [1.54, 1.807) is 0 Å². The monoisotopic (exact) mass is 305 g/mol. The maximum atomic E-state index is 5.84. The Morgan fingerprint density at radius 3 is 2.62 bits per heavy atom. The van der Waals surface area contributed by atoms with Crippen LogP contribution in [0.15, 0.2) is 48.8 Å². The molecule has 4 heteroatoms. The van der Waals surface area contributed by atoms with Gasteiger partial charge >= 0.3 is 0 Å². The summed E-state index contributed by atoms with van der Waals surface area (Å²) in [6.07, 6.45) is 6.97. The molecule has 3 rings (SSSR count). The average molecular weight is 306 g/mol. The molecule has 3 nitrogen and oxygen atoms in total. The van der Waals surface area contributed by atoms with E-state index in [9.17, 15) is 0 Å². The van der Waals surface area contributed by atoms with E-state index in [2.05, 4.69) is 58.3 Å². The van der Waals surface area contributed by atoms with Crippen LogP contribution in [0.5, 0.6) is 0 Å². The molecule has 0 saturated carbocycles. The molecule has 114 valence electrons. The molecule has 1 unspecified atom stereocenters. The summed E-state index contributed by atoms with van der Waals surface area (Å²) >= 11 is 0. The number of aromatic nitrogens is 1. The van der Waals surface area contributed by atoms with Crippen molar-refractivity contribution < 1.29 is 0 Å². The first-order valence-electron chi connectivity index (χ1n) is 7.48. The fourth-order valence-electron chi connectivity index (χ4n) is 3.08. The number of hydrogen-bond donors (Lipinski definition) is 1. The largest absolute Gasteiger partial charge is 0.350 e. The Hall–Kier alpha value is -1.29. The number of hydrogen-bond acceptors (Lipinski definition) is 2. The third-order valence-corrected chi connectivity index (χ3v) is 4.18. The van der Waals surface area contributed by atoms with E-state index in [1.165, 1.54) is 30.5 Å². The van der Waals surface area contributed by atoms with Gasteiger partial charge in [-0.25, -0.2) is 0 Å². The van der Waals surface area contributed by atoms with Crippen molar-refractivity contribution in [3.05, 3.63) is 59.9 Å². The van der Waals surface area contributed by atoms with Gasteiger partial charge in [-0.05, 0) is 36.6 Å². The molecule has 0 aliphatic carbocycles. The third-order valence-electron chi connectivity index (χ3n) is 4.18. The van der Waals surface area contributed by atoms with Crippen LogP contribution in [0.3, 0.4) is 0 Å². The lowest BCUT2D eigenvalue weighted by Crippen LogP contribution is -2.34. The van der Waals surface area contributed by atoms with Crippen molar-refractivity contribution in [2.24, 2.45) is 5.73 Å². The van der Waals surface area contributed by atoms with Gasteiger partial charge in [0.15, 0.2) is 0 Å². The average Bonchev–Trinajstić information content (AvgIpc) is 3.10. The summed E-state index contributed by atoms with van der Waals surface area (Å²) in [5.41, 5.74) is 8.57. The molecule has 1 aromatic carbocycles. The van der Waals surface area contributed by atoms with Crippen molar-refractivity contribution in [2.75, 3.05) is 13.1 Å². The van der Waals surface area contributed by atoms with Crippen molar-refractivity contribution in [1.29, 1.82) is 0 Å². The maximum absolute atomic E-state index is 5.84. The Labute approximate surface area is 133 Å². The van der Waals surface area contributed by atoms with Gasteiger partial charge in [0, 0.05) is 38.1 Å². The van der Waals surface area contributed by atoms with Gasteiger partial charge < -0.3 is 10.3 Å². The quantitative estimate of drug-likeness (QED) is 0.921. The van der Waals surface area contributed by atoms with Crippen LogP contribution in [0.2, 0.25) is 0 Å². The lowest BCUT2D eigenvalue weighted by molar-refractivity contribution is 0.250. The van der Waals surface area contributed by atoms with Crippen LogP contribution in [0.1, 0.15) is 24.0 Å². The molecule has 1 aromatic heterocycles. The Morgan fingerprint density at radius 2 is 1.86 bits per heavy atom. The molecule has 21 heavy (non-hydrogen) atoms. The summed E-state index contributed by atoms with van der Waals surface area (Å²) in [6.45, 7) is 3.95. The fraction of sp³-hybridized carbons (Fsp3) is 0.412. The highest BCUT2D eigenvalue weighted by Gasteiger charge is 2.22. The number of likely N-dealkylation sites (tertiary alicyclic amines) is 1. The standard InChI is InChI=1S/C17H23N3.ClH/c18-11-17-7-4-9-20(17)14-16-8-10-19(13-16)12-15-5-2-1-3-6-15;/h1-3,5-6,8,10,13,17H,4,7,9,11-12,14,18H2;1H. The van der Waals surface area contributed by atoms with Crippen LogP contribution in [0.4, 0.5) is 0 Å². The normalized spacial score (nSPS) is 18.6. The SMILES string of the molecule is Cl.NCC1CCCN1Cc1ccn(Cc2ccccc2)c1. The van der Waals surface area contributed by atoms with E-state index in [4.69, 9.17) is 5.73 Å². The second-order valence-corrected chi connectivity index (χ2v) is 5.68. The van der Waals surface area contributed by atoms with Crippen molar-refractivity contribution in [3.8, 4) is 0 Å². The summed E-state index contributed by atoms with van der Waals surface area (Å²) in [7, 11) is 0. The Morgan fingerprint density at radius 1 is 1.05 bits per heavy atom. The predicted molar refractivity (Wildman–Crippen MR) is 89.7 cm³/mol. The number of nitrogens with two attached hydrogens (primary N) is 1. The van der Waals surface area contributed by atoms with Crippen LogP contribution in [0.25, 0.3) is 0 Å². The van der Waals surface area contributed by atoms with Gasteiger partial charge in [-0.1, -0.05) is 30.3 Å². The van der Waals surface area contributed by atoms with Crippen LogP contribution >= 0.6 is 12.4 Å². The van der Waals surface area contributed by atoms with E-state index in [0.29, 0.717) is 6.04 Å². The first-order valence-corrected chi connectivity index (χ1v) is 7.48. The third kappa shape index (κ3) is 4.10. The smallest absolute Gasteiger partial charge is 0.0470 e. The van der Waals surface area contributed by atoms with Gasteiger partial charge in [-0.3, -0.25) is 4.90 Å². The first kappa shape index (κ1) is 16.1. The minimum atomic E-state index is 0. The van der Waals surface area contributed by atoms with Crippen LogP contribution in [-0.4, -0.2) is 28.6 Å². The molecular formula is C17H24ClN3. The molecule has 0 bridgehead atoms. The molecule has 1 saturated heterocycles. The number of benzene rings is 1.